The van der Waals surface area contributed by atoms with Gasteiger partial charge >= 0.3 is 0 Å². The molecule has 0 saturated carbocycles. The van der Waals surface area contributed by atoms with Crippen LogP contribution in [-0.4, -0.2) is 56.8 Å². The molecule has 0 spiro atoms. The number of carbonyl (C=O) groups is 1. The van der Waals surface area contributed by atoms with Crippen molar-refractivity contribution in [1.82, 2.24) is 9.21 Å². The molecule has 2 aromatic rings. The van der Waals surface area contributed by atoms with Crippen LogP contribution < -0.4 is 10.1 Å². The lowest BCUT2D eigenvalue weighted by atomic mass is 10.1. The molecule has 2 aromatic carbocycles. The van der Waals surface area contributed by atoms with Gasteiger partial charge in [0.05, 0.1) is 13.2 Å². The number of amides is 1. The summed E-state index contributed by atoms with van der Waals surface area (Å²) < 4.78 is 33.1. The molecule has 0 aromatic heterocycles. The van der Waals surface area contributed by atoms with Gasteiger partial charge < -0.3 is 10.1 Å². The molecule has 0 heterocycles. The molecule has 0 aliphatic rings. The molecule has 0 aliphatic heterocycles. The summed E-state index contributed by atoms with van der Waals surface area (Å²) in [5.74, 6) is 0.0666. The maximum Gasteiger partial charge on any atom is 0.246 e. The Bertz CT molecular complexity index is 1030. The largest absolute Gasteiger partial charge is 0.492 e. The fraction of sp³-hybridized carbons (Fsp3) is 0.458. The molecule has 0 saturated heterocycles. The van der Waals surface area contributed by atoms with Gasteiger partial charge in [0.25, 0.3) is 0 Å². The highest BCUT2D eigenvalue weighted by molar-refractivity contribution is 7.89. The quantitative estimate of drug-likeness (QED) is 0.551. The Morgan fingerprint density at radius 2 is 1.72 bits per heavy atom. The topological polar surface area (TPSA) is 79.0 Å². The van der Waals surface area contributed by atoms with Crippen LogP contribution in [0.4, 0.5) is 5.69 Å². The minimum absolute atomic E-state index is 0.0597. The fourth-order valence-electron chi connectivity index (χ4n) is 3.58. The zero-order valence-corrected chi connectivity index (χ0v) is 20.8. The van der Waals surface area contributed by atoms with Crippen LogP contribution in [0, 0.1) is 13.8 Å². The number of nitrogens with zero attached hydrogens (tertiary/aromatic N) is 2. The normalized spacial score (nSPS) is 11.8. The Balaban J connectivity index is 2.17. The van der Waals surface area contributed by atoms with Crippen LogP contribution in [0.3, 0.4) is 0 Å². The van der Waals surface area contributed by atoms with Gasteiger partial charge in [-0.3, -0.25) is 9.69 Å². The highest BCUT2D eigenvalue weighted by Gasteiger charge is 2.26. The van der Waals surface area contributed by atoms with Crippen molar-refractivity contribution in [1.29, 1.82) is 0 Å². The van der Waals surface area contributed by atoms with Gasteiger partial charge in [0.2, 0.25) is 15.9 Å². The number of aryl methyl sites for hydroxylation is 2. The maximum atomic E-state index is 13.1. The molecule has 2 rings (SSSR count). The van der Waals surface area contributed by atoms with Crippen LogP contribution in [0.15, 0.2) is 41.3 Å². The van der Waals surface area contributed by atoms with E-state index in [1.807, 2.05) is 11.9 Å². The number of hydrogen-bond acceptors (Lipinski definition) is 5. The molecule has 0 bridgehead atoms. The summed E-state index contributed by atoms with van der Waals surface area (Å²) in [6.45, 7) is 11.4. The van der Waals surface area contributed by atoms with Crippen LogP contribution in [-0.2, 0) is 21.4 Å². The molecule has 0 aliphatic carbocycles. The van der Waals surface area contributed by atoms with E-state index in [0.29, 0.717) is 31.9 Å². The molecular weight excluding hydrogens is 426 g/mol. The lowest BCUT2D eigenvalue weighted by Crippen LogP contribution is -2.31. The average Bonchev–Trinajstić information content (AvgIpc) is 2.72. The van der Waals surface area contributed by atoms with Crippen LogP contribution in [0.25, 0.3) is 0 Å². The summed E-state index contributed by atoms with van der Waals surface area (Å²) >= 11 is 0. The smallest absolute Gasteiger partial charge is 0.246 e. The van der Waals surface area contributed by atoms with Crippen LogP contribution in [0.2, 0.25) is 0 Å². The van der Waals surface area contributed by atoms with Crippen molar-refractivity contribution < 1.29 is 17.9 Å². The summed E-state index contributed by atoms with van der Waals surface area (Å²) in [7, 11) is -1.86. The van der Waals surface area contributed by atoms with Crippen molar-refractivity contribution in [2.45, 2.75) is 46.1 Å². The number of nitrogens with one attached hydrogen (secondary N) is 1. The van der Waals surface area contributed by atoms with Crippen molar-refractivity contribution in [3.63, 3.8) is 0 Å². The van der Waals surface area contributed by atoms with Gasteiger partial charge in [0.15, 0.2) is 0 Å². The maximum absolute atomic E-state index is 13.1. The van der Waals surface area contributed by atoms with Gasteiger partial charge in [-0.05, 0) is 57.1 Å². The third-order valence-electron chi connectivity index (χ3n) is 5.20. The van der Waals surface area contributed by atoms with E-state index in [4.69, 9.17) is 4.74 Å². The van der Waals surface area contributed by atoms with Gasteiger partial charge in [0.1, 0.15) is 10.6 Å². The van der Waals surface area contributed by atoms with Gasteiger partial charge in [-0.25, -0.2) is 8.42 Å². The molecule has 176 valence electrons. The second-order valence-corrected chi connectivity index (χ2v) is 9.74. The molecular formula is C24H35N3O4S. The van der Waals surface area contributed by atoms with Crippen molar-refractivity contribution in [3.05, 3.63) is 53.1 Å². The number of hydrogen-bond donors (Lipinski definition) is 1. The molecule has 8 heteroatoms. The van der Waals surface area contributed by atoms with Crippen LogP contribution >= 0.6 is 0 Å². The Hall–Kier alpha value is -2.42. The van der Waals surface area contributed by atoms with Gasteiger partial charge in [0, 0.05) is 25.3 Å². The first-order valence-corrected chi connectivity index (χ1v) is 12.4. The standard InChI is InChI=1S/C24H35N3O4S/c1-7-27(8-2)32(29,30)23-15-21(12-13-22(23)31-9-3)25-24(28)17-26(6)16-20-11-10-18(4)14-19(20)5/h10-15H,7-9,16-17H2,1-6H3,(H,25,28). The van der Waals surface area contributed by atoms with Crippen LogP contribution in [0.5, 0.6) is 5.75 Å². The third kappa shape index (κ3) is 6.54. The lowest BCUT2D eigenvalue weighted by molar-refractivity contribution is -0.117. The summed E-state index contributed by atoms with van der Waals surface area (Å²) in [6.07, 6.45) is 0. The van der Waals surface area contributed by atoms with E-state index in [1.165, 1.54) is 27.1 Å². The van der Waals surface area contributed by atoms with E-state index in [0.717, 1.165) is 0 Å². The molecule has 7 nitrogen and oxygen atoms in total. The summed E-state index contributed by atoms with van der Waals surface area (Å²) in [5.41, 5.74) is 3.98. The highest BCUT2D eigenvalue weighted by Crippen LogP contribution is 2.30. The minimum atomic E-state index is -3.74. The second-order valence-electron chi connectivity index (χ2n) is 7.83. The third-order valence-corrected chi connectivity index (χ3v) is 7.27. The van der Waals surface area contributed by atoms with E-state index >= 15 is 0 Å². The van der Waals surface area contributed by atoms with E-state index < -0.39 is 10.0 Å². The van der Waals surface area contributed by atoms with Gasteiger partial charge in [-0.2, -0.15) is 4.31 Å². The summed E-state index contributed by atoms with van der Waals surface area (Å²) in [6, 6.07) is 11.0. The Labute approximate surface area is 192 Å². The van der Waals surface area contributed by atoms with Crippen LogP contribution in [0.1, 0.15) is 37.5 Å². The van der Waals surface area contributed by atoms with Crippen molar-refractivity contribution in [2.24, 2.45) is 0 Å². The molecule has 1 amide bonds. The fourth-order valence-corrected chi connectivity index (χ4v) is 5.20. The molecule has 32 heavy (non-hydrogen) atoms. The minimum Gasteiger partial charge on any atom is -0.492 e. The number of ether oxygens (including phenoxy) is 1. The number of anilines is 1. The predicted octanol–water partition coefficient (Wildman–Crippen LogP) is 3.80. The second kappa shape index (κ2) is 11.4. The number of rotatable bonds is 11. The monoisotopic (exact) mass is 461 g/mol. The number of carbonyl (C=O) groups excluding carboxylic acids is 1. The van der Waals surface area contributed by atoms with Gasteiger partial charge in [-0.1, -0.05) is 37.6 Å². The SMILES string of the molecule is CCOc1ccc(NC(=O)CN(C)Cc2ccc(C)cc2C)cc1S(=O)(=O)N(CC)CC. The Kier molecular flexibility index (Phi) is 9.24. The Morgan fingerprint density at radius 3 is 2.31 bits per heavy atom. The molecule has 1 N–H and O–H groups in total. The van der Waals surface area contributed by atoms with E-state index in [-0.39, 0.29) is 23.1 Å². The number of sulfonamides is 1. The average molecular weight is 462 g/mol. The zero-order chi connectivity index (χ0) is 23.9. The van der Waals surface area contributed by atoms with Crippen molar-refractivity contribution in [2.75, 3.05) is 38.6 Å². The molecule has 0 atom stereocenters. The lowest BCUT2D eigenvalue weighted by Gasteiger charge is -2.21. The first kappa shape index (κ1) is 25.8. The molecule has 0 fully saturated rings. The van der Waals surface area contributed by atoms with E-state index in [1.54, 1.807) is 32.9 Å². The van der Waals surface area contributed by atoms with Gasteiger partial charge in [-0.15, -0.1) is 0 Å². The zero-order valence-electron chi connectivity index (χ0n) is 19.9. The Morgan fingerprint density at radius 1 is 1.03 bits per heavy atom. The summed E-state index contributed by atoms with van der Waals surface area (Å²) in [4.78, 5) is 14.6. The first-order valence-electron chi connectivity index (χ1n) is 10.9. The molecule has 0 unspecified atom stereocenters. The molecule has 0 radical (unpaired) electrons. The van der Waals surface area contributed by atoms with E-state index in [2.05, 4.69) is 37.4 Å². The van der Waals surface area contributed by atoms with E-state index in [9.17, 15) is 13.2 Å². The number of benzene rings is 2. The first-order chi connectivity index (χ1) is 15.1. The number of likely N-dealkylation sites (N-methyl/N-ethyl adjacent to an activating group) is 1. The van der Waals surface area contributed by atoms with Crippen molar-refractivity contribution >= 4 is 21.6 Å². The van der Waals surface area contributed by atoms with Crippen molar-refractivity contribution in [3.8, 4) is 5.75 Å². The highest BCUT2D eigenvalue weighted by atomic mass is 32.2. The predicted molar refractivity (Wildman–Crippen MR) is 129 cm³/mol. The summed E-state index contributed by atoms with van der Waals surface area (Å²) in [5, 5.41) is 2.82.